The van der Waals surface area contributed by atoms with E-state index >= 15 is 0 Å². The zero-order valence-corrected chi connectivity index (χ0v) is 11.7. The number of aryl methyl sites for hydroxylation is 2. The first kappa shape index (κ1) is 12.8. The molecule has 20 heavy (non-hydrogen) atoms. The summed E-state index contributed by atoms with van der Waals surface area (Å²) in [5.74, 6) is 2.42. The topological polar surface area (TPSA) is 66.8 Å². The lowest BCUT2D eigenvalue weighted by molar-refractivity contribution is 0.425. The summed E-state index contributed by atoms with van der Waals surface area (Å²) in [6, 6.07) is 4.02. The van der Waals surface area contributed by atoms with E-state index in [1.807, 2.05) is 26.0 Å². The van der Waals surface area contributed by atoms with E-state index < -0.39 is 0 Å². The first-order chi connectivity index (χ1) is 9.70. The van der Waals surface area contributed by atoms with Gasteiger partial charge in [0.1, 0.15) is 5.82 Å². The van der Waals surface area contributed by atoms with Crippen molar-refractivity contribution in [2.75, 3.05) is 29.9 Å². The van der Waals surface area contributed by atoms with Crippen molar-refractivity contribution < 1.29 is 0 Å². The molecule has 1 saturated heterocycles. The molecule has 1 aliphatic rings. The van der Waals surface area contributed by atoms with E-state index in [1.165, 1.54) is 0 Å². The highest BCUT2D eigenvalue weighted by atomic mass is 15.3. The predicted molar refractivity (Wildman–Crippen MR) is 77.7 cm³/mol. The molecule has 3 rings (SSSR count). The molecule has 1 fully saturated rings. The van der Waals surface area contributed by atoms with Gasteiger partial charge < -0.3 is 10.2 Å². The Bertz CT molecular complexity index is 576. The zero-order valence-electron chi connectivity index (χ0n) is 11.7. The molecule has 2 aromatic rings. The van der Waals surface area contributed by atoms with Gasteiger partial charge in [0.15, 0.2) is 5.82 Å². The molecule has 0 unspecified atom stereocenters. The molecule has 0 saturated carbocycles. The van der Waals surface area contributed by atoms with Crippen LogP contribution in [-0.2, 0) is 0 Å². The van der Waals surface area contributed by atoms with Crippen LogP contribution in [0.5, 0.6) is 0 Å². The summed E-state index contributed by atoms with van der Waals surface area (Å²) in [6.07, 6.45) is 3.52. The van der Waals surface area contributed by atoms with E-state index in [2.05, 4.69) is 30.4 Å². The summed E-state index contributed by atoms with van der Waals surface area (Å²) >= 11 is 0. The van der Waals surface area contributed by atoms with Crippen LogP contribution in [0, 0.1) is 19.8 Å². The van der Waals surface area contributed by atoms with E-state index in [0.717, 1.165) is 42.7 Å². The fourth-order valence-electron chi connectivity index (χ4n) is 2.24. The van der Waals surface area contributed by atoms with Crippen LogP contribution in [0.15, 0.2) is 24.5 Å². The van der Waals surface area contributed by atoms with Crippen LogP contribution < -0.4 is 10.2 Å². The Morgan fingerprint density at radius 1 is 1.15 bits per heavy atom. The van der Waals surface area contributed by atoms with Crippen LogP contribution in [-0.4, -0.2) is 39.8 Å². The second kappa shape index (κ2) is 5.40. The summed E-state index contributed by atoms with van der Waals surface area (Å²) in [6.45, 7) is 6.81. The van der Waals surface area contributed by atoms with Crippen LogP contribution in [0.4, 0.5) is 11.6 Å². The van der Waals surface area contributed by atoms with Crippen molar-refractivity contribution in [3.05, 3.63) is 35.9 Å². The maximum Gasteiger partial charge on any atom is 0.151 e. The summed E-state index contributed by atoms with van der Waals surface area (Å²) in [5.41, 5.74) is 1.88. The maximum absolute atomic E-state index is 4.38. The summed E-state index contributed by atoms with van der Waals surface area (Å²) in [7, 11) is 0. The van der Waals surface area contributed by atoms with Crippen molar-refractivity contribution >= 4 is 11.6 Å². The Morgan fingerprint density at radius 2 is 2.00 bits per heavy atom. The van der Waals surface area contributed by atoms with Gasteiger partial charge in [0.05, 0.1) is 17.6 Å². The van der Waals surface area contributed by atoms with Crippen LogP contribution in [0.2, 0.25) is 0 Å². The summed E-state index contributed by atoms with van der Waals surface area (Å²) < 4.78 is 0. The van der Waals surface area contributed by atoms with Gasteiger partial charge in [-0.3, -0.25) is 4.98 Å². The monoisotopic (exact) mass is 270 g/mol. The molecule has 3 heterocycles. The molecule has 104 valence electrons. The smallest absolute Gasteiger partial charge is 0.151 e. The molecule has 0 bridgehead atoms. The Labute approximate surface area is 118 Å². The lowest BCUT2D eigenvalue weighted by Crippen LogP contribution is -2.50. The van der Waals surface area contributed by atoms with Gasteiger partial charge in [0.2, 0.25) is 0 Å². The minimum absolute atomic E-state index is 0.611. The van der Waals surface area contributed by atoms with Crippen LogP contribution in [0.1, 0.15) is 11.4 Å². The van der Waals surface area contributed by atoms with Crippen molar-refractivity contribution in [1.29, 1.82) is 0 Å². The number of aromatic nitrogens is 4. The second-order valence-corrected chi connectivity index (χ2v) is 5.23. The summed E-state index contributed by atoms with van der Waals surface area (Å²) in [4.78, 5) is 10.7. The summed E-state index contributed by atoms with van der Waals surface area (Å²) in [5, 5.41) is 11.6. The van der Waals surface area contributed by atoms with Crippen molar-refractivity contribution in [2.45, 2.75) is 13.8 Å². The van der Waals surface area contributed by atoms with Crippen LogP contribution >= 0.6 is 0 Å². The Kier molecular flexibility index (Phi) is 3.45. The quantitative estimate of drug-likeness (QED) is 0.906. The van der Waals surface area contributed by atoms with Gasteiger partial charge >= 0.3 is 0 Å². The SMILES string of the molecule is Cc1ccc(N2CC(CNc3cncc(C)n3)C2)nn1. The minimum atomic E-state index is 0.611. The number of rotatable bonds is 4. The van der Waals surface area contributed by atoms with E-state index in [9.17, 15) is 0 Å². The third kappa shape index (κ3) is 2.84. The fraction of sp³-hybridized carbons (Fsp3) is 0.429. The van der Waals surface area contributed by atoms with Gasteiger partial charge in [-0.2, -0.15) is 5.10 Å². The molecular weight excluding hydrogens is 252 g/mol. The number of nitrogens with zero attached hydrogens (tertiary/aromatic N) is 5. The zero-order chi connectivity index (χ0) is 13.9. The first-order valence-corrected chi connectivity index (χ1v) is 6.78. The molecule has 0 amide bonds. The van der Waals surface area contributed by atoms with Gasteiger partial charge in [0.25, 0.3) is 0 Å². The van der Waals surface area contributed by atoms with Crippen LogP contribution in [0.25, 0.3) is 0 Å². The van der Waals surface area contributed by atoms with Gasteiger partial charge in [-0.15, -0.1) is 5.10 Å². The average molecular weight is 270 g/mol. The van der Waals surface area contributed by atoms with E-state index in [1.54, 1.807) is 12.4 Å². The lowest BCUT2D eigenvalue weighted by atomic mass is 10.0. The third-order valence-electron chi connectivity index (χ3n) is 3.39. The molecule has 0 aliphatic carbocycles. The Morgan fingerprint density at radius 3 is 2.70 bits per heavy atom. The molecule has 2 aromatic heterocycles. The number of hydrogen-bond acceptors (Lipinski definition) is 6. The second-order valence-electron chi connectivity index (χ2n) is 5.23. The molecule has 0 radical (unpaired) electrons. The standard InChI is InChI=1S/C14H18N6/c1-10-3-4-14(19-18-10)20-8-12(9-20)6-16-13-7-15-5-11(2)17-13/h3-5,7,12H,6,8-9H2,1-2H3,(H,16,17). The van der Waals surface area contributed by atoms with Gasteiger partial charge in [-0.25, -0.2) is 4.98 Å². The van der Waals surface area contributed by atoms with Crippen molar-refractivity contribution in [3.8, 4) is 0 Å². The molecule has 0 spiro atoms. The highest BCUT2D eigenvalue weighted by molar-refractivity contribution is 5.41. The number of nitrogens with one attached hydrogen (secondary N) is 1. The molecule has 1 N–H and O–H groups in total. The molecule has 0 atom stereocenters. The van der Waals surface area contributed by atoms with Crippen molar-refractivity contribution in [2.24, 2.45) is 5.92 Å². The molecule has 0 aromatic carbocycles. The fourth-order valence-corrected chi connectivity index (χ4v) is 2.24. The predicted octanol–water partition coefficient (Wildman–Crippen LogP) is 1.43. The van der Waals surface area contributed by atoms with Crippen LogP contribution in [0.3, 0.4) is 0 Å². The molecular formula is C14H18N6. The van der Waals surface area contributed by atoms with Gasteiger partial charge in [0, 0.05) is 31.7 Å². The highest BCUT2D eigenvalue weighted by Crippen LogP contribution is 2.22. The molecule has 1 aliphatic heterocycles. The Hall–Kier alpha value is -2.24. The maximum atomic E-state index is 4.38. The van der Waals surface area contributed by atoms with Crippen molar-refractivity contribution in [3.63, 3.8) is 0 Å². The van der Waals surface area contributed by atoms with Gasteiger partial charge in [-0.05, 0) is 26.0 Å². The molecule has 6 heteroatoms. The molecule has 6 nitrogen and oxygen atoms in total. The lowest BCUT2D eigenvalue weighted by Gasteiger charge is -2.40. The number of anilines is 2. The largest absolute Gasteiger partial charge is 0.368 e. The normalized spacial score (nSPS) is 15.0. The van der Waals surface area contributed by atoms with E-state index in [4.69, 9.17) is 0 Å². The Balaban J connectivity index is 1.48. The van der Waals surface area contributed by atoms with E-state index in [0.29, 0.717) is 5.92 Å². The van der Waals surface area contributed by atoms with Gasteiger partial charge in [-0.1, -0.05) is 0 Å². The number of hydrogen-bond donors (Lipinski definition) is 1. The van der Waals surface area contributed by atoms with Crippen molar-refractivity contribution in [1.82, 2.24) is 20.2 Å². The van der Waals surface area contributed by atoms with E-state index in [-0.39, 0.29) is 0 Å². The third-order valence-corrected chi connectivity index (χ3v) is 3.39. The first-order valence-electron chi connectivity index (χ1n) is 6.78. The highest BCUT2D eigenvalue weighted by Gasteiger charge is 2.27. The minimum Gasteiger partial charge on any atom is -0.368 e. The average Bonchev–Trinajstić information content (AvgIpc) is 2.39.